The number of terminal acetylenes is 1. The average Bonchev–Trinajstić information content (AvgIpc) is 1.44. The smallest absolute Gasteiger partial charge is 0.459 e. The van der Waals surface area contributed by atoms with E-state index >= 15 is 8.96 Å². The topological polar surface area (TPSA) is 166 Å². The number of para-hydroxylation sites is 1. The van der Waals surface area contributed by atoms with Crippen molar-refractivity contribution in [1.82, 2.24) is 24.6 Å². The predicted molar refractivity (Wildman–Crippen MR) is 338 cm³/mol. The lowest BCUT2D eigenvalue weighted by Crippen LogP contribution is -2.49. The summed E-state index contributed by atoms with van der Waals surface area (Å²) in [6, 6.07) is 61.5. The van der Waals surface area contributed by atoms with Crippen LogP contribution in [-0.2, 0) is 39.2 Å². The Morgan fingerprint density at radius 1 is 0.693 bits per heavy atom. The number of hydrogen-bond donors (Lipinski definition) is 2. The van der Waals surface area contributed by atoms with E-state index in [1.807, 2.05) is 170 Å². The Hall–Kier alpha value is -8.68. The number of unbranched alkanes of at least 4 members (excludes halogenated alkanes) is 7. The minimum atomic E-state index is -4.62. The molecule has 0 bridgehead atoms. The molecule has 1 aliphatic rings. The van der Waals surface area contributed by atoms with E-state index in [0.29, 0.717) is 23.5 Å². The number of benzene rings is 7. The highest BCUT2D eigenvalue weighted by molar-refractivity contribution is 7.52. The molecule has 3 heterocycles. The molecule has 0 amide bonds. The zero-order valence-electron chi connectivity index (χ0n) is 50.0. The van der Waals surface area contributed by atoms with Crippen molar-refractivity contribution in [3.8, 4) is 29.6 Å². The molecule has 9 aromatic rings. The van der Waals surface area contributed by atoms with Crippen molar-refractivity contribution in [2.24, 2.45) is 0 Å². The van der Waals surface area contributed by atoms with Gasteiger partial charge in [-0.25, -0.2) is 9.55 Å². The van der Waals surface area contributed by atoms with Gasteiger partial charge in [-0.1, -0.05) is 222 Å². The van der Waals surface area contributed by atoms with E-state index in [1.54, 1.807) is 49.1 Å². The summed E-state index contributed by atoms with van der Waals surface area (Å²) in [4.78, 5) is 27.4. The number of imidazole rings is 1. The summed E-state index contributed by atoms with van der Waals surface area (Å²) in [6.45, 7) is 3.29. The first-order valence-corrected chi connectivity index (χ1v) is 31.5. The highest BCUT2D eigenvalue weighted by atomic mass is 31.2. The van der Waals surface area contributed by atoms with E-state index in [2.05, 4.69) is 33.2 Å². The van der Waals surface area contributed by atoms with Gasteiger partial charge in [0.25, 0.3) is 0 Å². The number of hydrogen-bond acceptors (Lipinski definition) is 13. The molecule has 2 N–H and O–H groups in total. The number of carbonyl (C=O) groups is 1. The molecule has 1 aliphatic heterocycles. The Balaban J connectivity index is 1.06. The van der Waals surface area contributed by atoms with E-state index in [9.17, 15) is 4.79 Å². The summed E-state index contributed by atoms with van der Waals surface area (Å²) >= 11 is 0. The third-order valence-electron chi connectivity index (χ3n) is 16.0. The van der Waals surface area contributed by atoms with Gasteiger partial charge >= 0.3 is 19.8 Å². The molecule has 10 rings (SSSR count). The first-order valence-electron chi connectivity index (χ1n) is 29.9. The zero-order valence-corrected chi connectivity index (χ0v) is 50.9. The van der Waals surface area contributed by atoms with Crippen molar-refractivity contribution in [3.05, 3.63) is 246 Å². The molecular formula is C71H74FN6O9P. The summed E-state index contributed by atoms with van der Waals surface area (Å²) in [5.41, 5.74) is 0.302. The van der Waals surface area contributed by atoms with Crippen LogP contribution in [-0.4, -0.2) is 70.7 Å². The normalized spacial score (nSPS) is 16.9. The zero-order chi connectivity index (χ0) is 61.4. The highest BCUT2D eigenvalue weighted by Crippen LogP contribution is 2.52. The number of halogens is 1. The number of carbonyl (C=O) groups excluding carboxylic acids is 1. The minimum Gasteiger partial charge on any atom is -0.497 e. The lowest BCUT2D eigenvalue weighted by molar-refractivity contribution is -0.145. The molecule has 7 aromatic carbocycles. The fraction of sp³-hybridized carbons (Fsp3) is 0.296. The van der Waals surface area contributed by atoms with Crippen LogP contribution in [0.1, 0.15) is 111 Å². The van der Waals surface area contributed by atoms with Crippen LogP contribution >= 0.6 is 7.75 Å². The second-order valence-corrected chi connectivity index (χ2v) is 23.5. The van der Waals surface area contributed by atoms with Crippen LogP contribution < -0.4 is 24.4 Å². The number of nitrogens with zero attached hydrogens (tertiary/aromatic N) is 4. The van der Waals surface area contributed by atoms with Gasteiger partial charge < -0.3 is 33.5 Å². The molecule has 0 aliphatic carbocycles. The first kappa shape index (κ1) is 62.4. The van der Waals surface area contributed by atoms with Crippen LogP contribution in [0.4, 0.5) is 10.2 Å². The van der Waals surface area contributed by atoms with Gasteiger partial charge in [0.05, 0.1) is 27.2 Å². The van der Waals surface area contributed by atoms with Crippen LogP contribution in [0, 0.1) is 18.4 Å². The lowest BCUT2D eigenvalue weighted by atomic mass is 9.77. The molecule has 1 unspecified atom stereocenters. The predicted octanol–water partition coefficient (Wildman–Crippen LogP) is 14.9. The van der Waals surface area contributed by atoms with Gasteiger partial charge in [-0.2, -0.15) is 19.4 Å². The second-order valence-electron chi connectivity index (χ2n) is 21.8. The van der Waals surface area contributed by atoms with Crippen molar-refractivity contribution in [1.29, 1.82) is 0 Å². The molecule has 0 saturated carbocycles. The van der Waals surface area contributed by atoms with Crippen LogP contribution in [0.3, 0.4) is 0 Å². The van der Waals surface area contributed by atoms with E-state index in [1.165, 1.54) is 38.9 Å². The van der Waals surface area contributed by atoms with E-state index in [0.717, 1.165) is 47.1 Å². The molecule has 454 valence electrons. The van der Waals surface area contributed by atoms with Gasteiger partial charge in [-0.05, 0) is 83.1 Å². The Bertz CT molecular complexity index is 3690. The highest BCUT2D eigenvalue weighted by Gasteiger charge is 2.56. The molecule has 0 radical (unpaired) electrons. The van der Waals surface area contributed by atoms with Gasteiger partial charge in [-0.3, -0.25) is 13.9 Å². The van der Waals surface area contributed by atoms with Gasteiger partial charge in [0, 0.05) is 6.42 Å². The van der Waals surface area contributed by atoms with Gasteiger partial charge in [-0.15, -0.1) is 6.42 Å². The monoisotopic (exact) mass is 1200 g/mol. The molecule has 15 nitrogen and oxygen atoms in total. The number of ether oxygens (including phenoxy) is 5. The quantitative estimate of drug-likeness (QED) is 0.0109. The Morgan fingerprint density at radius 3 is 1.72 bits per heavy atom. The molecule has 5 atom stereocenters. The number of nitrogens with one attached hydrogen (secondary N) is 2. The van der Waals surface area contributed by atoms with Crippen molar-refractivity contribution in [3.63, 3.8) is 0 Å². The van der Waals surface area contributed by atoms with Gasteiger partial charge in [0.2, 0.25) is 0 Å². The van der Waals surface area contributed by atoms with E-state index < -0.39 is 61.5 Å². The maximum absolute atomic E-state index is 16.7. The number of esters is 1. The third-order valence-corrected chi connectivity index (χ3v) is 17.6. The standard InChI is InChI=1S/C71H74FN6O9P/c1-6-8-9-10-11-12-13-29-48-83-67(79)52(3)77-88(80,87-61-38-27-18-28-39-61)84-50-69(7-2)62(85-71(56-34-23-16-24-35-56,57-36-25-17-26-37-57)58-42-46-60(82-5)47-43-58)49-63(86-69)78-51-73-64-65(74-68(72)75-66(64)78)76-70(53-30-19-14-20-31-53,54-32-21-15-22-33-54)55-40-44-59(81-4)45-41-55/h2,14-28,30-47,51-52,62-63H,6,8-13,29,48-50H2,1,3-5H3,(H,77,80)(H,74,75,76)/t52-,62-,63+,69+,88?/m0/s1. The number of fused-ring (bicyclic) bond motifs is 1. The summed E-state index contributed by atoms with van der Waals surface area (Å²) in [6.07, 6.45) is 13.5. The number of aromatic nitrogens is 4. The molecular weight excluding hydrogens is 1130 g/mol. The Kier molecular flexibility index (Phi) is 20.5. The van der Waals surface area contributed by atoms with Crippen LogP contribution in [0.2, 0.25) is 0 Å². The number of rotatable bonds is 30. The fourth-order valence-corrected chi connectivity index (χ4v) is 13.0. The van der Waals surface area contributed by atoms with Gasteiger partial charge in [0.15, 0.2) is 22.6 Å². The molecule has 2 aromatic heterocycles. The van der Waals surface area contributed by atoms with Crippen molar-refractivity contribution in [2.75, 3.05) is 32.8 Å². The number of anilines is 1. The summed E-state index contributed by atoms with van der Waals surface area (Å²) in [7, 11) is -1.41. The number of methoxy groups -OCH3 is 2. The largest absolute Gasteiger partial charge is 0.497 e. The van der Waals surface area contributed by atoms with Crippen molar-refractivity contribution in [2.45, 2.75) is 107 Å². The van der Waals surface area contributed by atoms with Crippen LogP contribution in [0.25, 0.3) is 11.2 Å². The van der Waals surface area contributed by atoms with Crippen molar-refractivity contribution >= 4 is 30.7 Å². The molecule has 1 fully saturated rings. The minimum absolute atomic E-state index is 0.0342. The summed E-state index contributed by atoms with van der Waals surface area (Å²) in [5.74, 6) is 3.78. The SMILES string of the molecule is C#C[C@]1(COP(=O)(N[C@@H](C)C(=O)OCCCCCCCCCC)Oc2ccccc2)O[C@@H](n2cnc3c(NC(c4ccccc4)(c4ccccc4)c4ccc(OC)cc4)nc(F)nc32)C[C@@H]1OC(c1ccccc1)(c1ccccc1)c1ccc(OC)cc1. The van der Waals surface area contributed by atoms with E-state index in [-0.39, 0.29) is 35.8 Å². The lowest BCUT2D eigenvalue weighted by Gasteiger charge is -2.41. The fourth-order valence-electron chi connectivity index (χ4n) is 11.5. The van der Waals surface area contributed by atoms with E-state index in [4.69, 9.17) is 44.1 Å². The summed E-state index contributed by atoms with van der Waals surface area (Å²) in [5, 5.41) is 6.53. The molecule has 88 heavy (non-hydrogen) atoms. The molecule has 0 spiro atoms. The van der Waals surface area contributed by atoms with Crippen LogP contribution in [0.5, 0.6) is 17.2 Å². The third kappa shape index (κ3) is 13.9. The second kappa shape index (κ2) is 28.9. The first-order chi connectivity index (χ1) is 43.0. The maximum Gasteiger partial charge on any atom is 0.459 e. The molecule has 17 heteroatoms. The Labute approximate surface area is 514 Å². The molecule has 1 saturated heterocycles. The summed E-state index contributed by atoms with van der Waals surface area (Å²) < 4.78 is 78.5. The van der Waals surface area contributed by atoms with Gasteiger partial charge in [0.1, 0.15) is 53.4 Å². The van der Waals surface area contributed by atoms with Crippen molar-refractivity contribution < 1.29 is 46.5 Å². The Morgan fingerprint density at radius 2 is 1.18 bits per heavy atom. The average molecular weight is 1210 g/mol. The van der Waals surface area contributed by atoms with Crippen LogP contribution in [0.15, 0.2) is 207 Å². The maximum atomic E-state index is 16.7.